The molecule has 98 valence electrons. The molecule has 2 aromatic carbocycles. The van der Waals surface area contributed by atoms with E-state index in [-0.39, 0.29) is 6.42 Å². The number of hydrogen-bond donors (Lipinski definition) is 1. The van der Waals surface area contributed by atoms with Crippen molar-refractivity contribution in [3.05, 3.63) is 65.7 Å². The van der Waals surface area contributed by atoms with Crippen molar-refractivity contribution in [3.63, 3.8) is 0 Å². The highest BCUT2D eigenvalue weighted by molar-refractivity contribution is 7.84. The zero-order valence-electron chi connectivity index (χ0n) is 10.3. The van der Waals surface area contributed by atoms with Crippen LogP contribution in [0.3, 0.4) is 0 Å². The highest BCUT2D eigenvalue weighted by Crippen LogP contribution is 2.13. The summed E-state index contributed by atoms with van der Waals surface area (Å²) in [5.74, 6) is -0.391. The van der Waals surface area contributed by atoms with Gasteiger partial charge < -0.3 is 5.11 Å². The summed E-state index contributed by atoms with van der Waals surface area (Å²) in [6, 6.07) is 16.5. The topological polar surface area (TPSA) is 54.4 Å². The van der Waals surface area contributed by atoms with Gasteiger partial charge in [-0.2, -0.15) is 0 Å². The molecule has 0 aliphatic carbocycles. The van der Waals surface area contributed by atoms with Crippen LogP contribution in [0.2, 0.25) is 0 Å². The summed E-state index contributed by atoms with van der Waals surface area (Å²) < 4.78 is 12.1. The first-order valence-electron chi connectivity index (χ1n) is 5.88. The number of carboxylic acid groups (broad SMARTS) is 1. The van der Waals surface area contributed by atoms with E-state index >= 15 is 0 Å². The molecule has 0 aliphatic rings. The molecule has 0 amide bonds. The maximum absolute atomic E-state index is 12.1. The van der Waals surface area contributed by atoms with E-state index in [4.69, 9.17) is 5.11 Å². The molecule has 0 saturated carbocycles. The van der Waals surface area contributed by atoms with Gasteiger partial charge in [0.15, 0.2) is 0 Å². The van der Waals surface area contributed by atoms with Gasteiger partial charge in [-0.25, -0.2) is 0 Å². The number of carbonyl (C=O) groups is 1. The predicted octanol–water partition coefficient (Wildman–Crippen LogP) is 2.62. The van der Waals surface area contributed by atoms with E-state index in [9.17, 15) is 9.00 Å². The quantitative estimate of drug-likeness (QED) is 0.912. The molecule has 2 aromatic rings. The van der Waals surface area contributed by atoms with Gasteiger partial charge in [-0.1, -0.05) is 42.5 Å². The fraction of sp³-hybridized carbons (Fsp3) is 0.133. The smallest absolute Gasteiger partial charge is 0.307 e. The molecule has 1 N–H and O–H groups in total. The van der Waals surface area contributed by atoms with Gasteiger partial charge in [0, 0.05) is 4.90 Å². The number of benzene rings is 2. The van der Waals surface area contributed by atoms with Gasteiger partial charge in [0.2, 0.25) is 0 Å². The molecule has 4 heteroatoms. The molecule has 1 unspecified atom stereocenters. The van der Waals surface area contributed by atoms with Gasteiger partial charge in [-0.3, -0.25) is 9.00 Å². The van der Waals surface area contributed by atoms with Crippen molar-refractivity contribution in [3.8, 4) is 0 Å². The van der Waals surface area contributed by atoms with E-state index in [1.807, 2.05) is 30.3 Å². The van der Waals surface area contributed by atoms with E-state index in [1.54, 1.807) is 24.3 Å². The summed E-state index contributed by atoms with van der Waals surface area (Å²) >= 11 is 0. The van der Waals surface area contributed by atoms with Crippen LogP contribution >= 0.6 is 0 Å². The molecule has 3 nitrogen and oxygen atoms in total. The van der Waals surface area contributed by atoms with Gasteiger partial charge in [0.05, 0.1) is 23.0 Å². The lowest BCUT2D eigenvalue weighted by Crippen LogP contribution is -2.01. The number of aliphatic carboxylic acids is 1. The average molecular weight is 274 g/mol. The molecule has 0 aromatic heterocycles. The van der Waals surface area contributed by atoms with E-state index in [0.29, 0.717) is 11.3 Å². The Morgan fingerprint density at radius 2 is 1.58 bits per heavy atom. The van der Waals surface area contributed by atoms with Crippen LogP contribution in [-0.4, -0.2) is 15.3 Å². The summed E-state index contributed by atoms with van der Waals surface area (Å²) in [7, 11) is -1.10. The van der Waals surface area contributed by atoms with Crippen LogP contribution < -0.4 is 0 Å². The lowest BCUT2D eigenvalue weighted by Gasteiger charge is -2.04. The van der Waals surface area contributed by atoms with Crippen molar-refractivity contribution in [2.24, 2.45) is 0 Å². The van der Waals surface area contributed by atoms with Crippen molar-refractivity contribution in [2.45, 2.75) is 17.1 Å². The minimum Gasteiger partial charge on any atom is -0.481 e. The van der Waals surface area contributed by atoms with E-state index < -0.39 is 16.8 Å². The van der Waals surface area contributed by atoms with Crippen LogP contribution in [0.5, 0.6) is 0 Å². The fourth-order valence-corrected chi connectivity index (χ4v) is 2.84. The largest absolute Gasteiger partial charge is 0.481 e. The first-order chi connectivity index (χ1) is 9.15. The van der Waals surface area contributed by atoms with E-state index in [2.05, 4.69) is 0 Å². The third-order valence-corrected chi connectivity index (χ3v) is 4.08. The highest BCUT2D eigenvalue weighted by atomic mass is 32.2. The normalized spacial score (nSPS) is 12.0. The van der Waals surface area contributed by atoms with Crippen molar-refractivity contribution >= 4 is 16.8 Å². The minimum absolute atomic E-state index is 0.00833. The third-order valence-electron chi connectivity index (χ3n) is 2.68. The zero-order chi connectivity index (χ0) is 13.7. The Labute approximate surface area is 114 Å². The van der Waals surface area contributed by atoms with Crippen LogP contribution in [0.25, 0.3) is 0 Å². The summed E-state index contributed by atoms with van der Waals surface area (Å²) in [6.07, 6.45) is -0.00833. The highest BCUT2D eigenvalue weighted by Gasteiger charge is 2.06. The number of hydrogen-bond acceptors (Lipinski definition) is 2. The molecule has 0 bridgehead atoms. The van der Waals surface area contributed by atoms with Crippen LogP contribution in [0.1, 0.15) is 11.1 Å². The van der Waals surface area contributed by atoms with Gasteiger partial charge in [0.1, 0.15) is 0 Å². The zero-order valence-corrected chi connectivity index (χ0v) is 11.1. The third kappa shape index (κ3) is 4.03. The second-order valence-corrected chi connectivity index (χ2v) is 5.64. The number of rotatable bonds is 5. The van der Waals surface area contributed by atoms with Gasteiger partial charge in [-0.15, -0.1) is 0 Å². The Kier molecular flexibility index (Phi) is 4.47. The Morgan fingerprint density at radius 3 is 2.16 bits per heavy atom. The standard InChI is InChI=1S/C15H14O3S/c16-15(17)10-12-6-8-14(9-7-12)19(18)11-13-4-2-1-3-5-13/h1-9H,10-11H2,(H,16,17). The number of carboxylic acids is 1. The van der Waals surface area contributed by atoms with Crippen LogP contribution in [0.15, 0.2) is 59.5 Å². The van der Waals surface area contributed by atoms with Crippen molar-refractivity contribution in [2.75, 3.05) is 0 Å². The monoisotopic (exact) mass is 274 g/mol. The first kappa shape index (κ1) is 13.5. The molecule has 0 saturated heterocycles. The van der Waals surface area contributed by atoms with E-state index in [1.165, 1.54) is 0 Å². The summed E-state index contributed by atoms with van der Waals surface area (Å²) in [5.41, 5.74) is 1.74. The molecule has 0 spiro atoms. The second-order valence-electron chi connectivity index (χ2n) is 4.19. The Hall–Kier alpha value is -1.94. The fourth-order valence-electron chi connectivity index (χ4n) is 1.74. The van der Waals surface area contributed by atoms with Gasteiger partial charge in [-0.05, 0) is 23.3 Å². The molecule has 19 heavy (non-hydrogen) atoms. The molecule has 1 atom stereocenters. The Bertz CT molecular complexity index is 576. The molecule has 0 aliphatic heterocycles. The average Bonchev–Trinajstić information content (AvgIpc) is 2.40. The first-order valence-corrected chi connectivity index (χ1v) is 7.20. The maximum Gasteiger partial charge on any atom is 0.307 e. The summed E-state index contributed by atoms with van der Waals surface area (Å²) in [5, 5.41) is 8.68. The van der Waals surface area contributed by atoms with E-state index in [0.717, 1.165) is 10.5 Å². The van der Waals surface area contributed by atoms with Gasteiger partial charge in [0.25, 0.3) is 0 Å². The molecule has 0 heterocycles. The Balaban J connectivity index is 2.05. The van der Waals surface area contributed by atoms with Crippen molar-refractivity contribution in [1.29, 1.82) is 0 Å². The van der Waals surface area contributed by atoms with Crippen LogP contribution in [0.4, 0.5) is 0 Å². The van der Waals surface area contributed by atoms with Crippen molar-refractivity contribution < 1.29 is 14.1 Å². The SMILES string of the molecule is O=C(O)Cc1ccc(S(=O)Cc2ccccc2)cc1. The van der Waals surface area contributed by atoms with Crippen LogP contribution in [-0.2, 0) is 27.8 Å². The molecule has 0 fully saturated rings. The lowest BCUT2D eigenvalue weighted by atomic mass is 10.2. The summed E-state index contributed by atoms with van der Waals surface area (Å²) in [6.45, 7) is 0. The molecular weight excluding hydrogens is 260 g/mol. The Morgan fingerprint density at radius 1 is 0.947 bits per heavy atom. The molecular formula is C15H14O3S. The minimum atomic E-state index is -1.10. The summed E-state index contributed by atoms with van der Waals surface area (Å²) in [4.78, 5) is 11.3. The predicted molar refractivity (Wildman–Crippen MR) is 74.3 cm³/mol. The molecule has 0 radical (unpaired) electrons. The maximum atomic E-state index is 12.1. The van der Waals surface area contributed by atoms with Crippen LogP contribution in [0, 0.1) is 0 Å². The lowest BCUT2D eigenvalue weighted by molar-refractivity contribution is -0.136. The second kappa shape index (κ2) is 6.29. The van der Waals surface area contributed by atoms with Gasteiger partial charge >= 0.3 is 5.97 Å². The molecule has 2 rings (SSSR count). The van der Waals surface area contributed by atoms with Crippen molar-refractivity contribution in [1.82, 2.24) is 0 Å².